The molecule has 0 radical (unpaired) electrons. The van der Waals surface area contributed by atoms with E-state index in [2.05, 4.69) is 15.3 Å². The van der Waals surface area contributed by atoms with Gasteiger partial charge in [0, 0.05) is 29.2 Å². The highest BCUT2D eigenvalue weighted by molar-refractivity contribution is 6.36. The fourth-order valence-electron chi connectivity index (χ4n) is 2.74. The summed E-state index contributed by atoms with van der Waals surface area (Å²) in [4.78, 5) is 15.7. The molecule has 0 aliphatic heterocycles. The van der Waals surface area contributed by atoms with E-state index < -0.39 is 5.91 Å². The van der Waals surface area contributed by atoms with E-state index in [-0.39, 0.29) is 30.4 Å². The number of hydrogen-bond donors (Lipinski definition) is 2. The summed E-state index contributed by atoms with van der Waals surface area (Å²) in [5.41, 5.74) is 13.0. The van der Waals surface area contributed by atoms with Gasteiger partial charge in [-0.2, -0.15) is 0 Å². The van der Waals surface area contributed by atoms with Crippen LogP contribution in [0.2, 0.25) is 10.0 Å². The molecule has 0 unspecified atom stereocenters. The third-order valence-electron chi connectivity index (χ3n) is 4.09. The maximum Gasteiger partial charge on any atom is 0.273 e. The Morgan fingerprint density at radius 1 is 1.17 bits per heavy atom. The standard InChI is InChI=1S/C19H17Cl2FN6O/c20-15-8-12(9-16(21)14(15)7-11-1-3-13(22)4-2-11)10-28-19(25-6-5-23)17(18(24)29)26-27-28/h1-4,6,8-9H,5,7,10,23H2,(H2,24,29). The van der Waals surface area contributed by atoms with E-state index in [4.69, 9.17) is 34.7 Å². The van der Waals surface area contributed by atoms with Gasteiger partial charge in [-0.1, -0.05) is 40.5 Å². The van der Waals surface area contributed by atoms with Crippen LogP contribution in [0.25, 0.3) is 0 Å². The van der Waals surface area contributed by atoms with Gasteiger partial charge in [0.05, 0.1) is 6.54 Å². The number of nitrogens with two attached hydrogens (primary N) is 2. The zero-order chi connectivity index (χ0) is 21.0. The molecule has 0 fully saturated rings. The minimum absolute atomic E-state index is 0.0557. The van der Waals surface area contributed by atoms with Gasteiger partial charge in [0.1, 0.15) is 5.82 Å². The van der Waals surface area contributed by atoms with Gasteiger partial charge in [-0.15, -0.1) is 5.10 Å². The summed E-state index contributed by atoms with van der Waals surface area (Å²) in [6, 6.07) is 9.62. The first-order chi connectivity index (χ1) is 13.9. The van der Waals surface area contributed by atoms with Crippen molar-refractivity contribution in [3.63, 3.8) is 0 Å². The predicted molar refractivity (Wildman–Crippen MR) is 111 cm³/mol. The fourth-order valence-corrected chi connectivity index (χ4v) is 3.40. The van der Waals surface area contributed by atoms with Gasteiger partial charge in [-0.25, -0.2) is 14.1 Å². The number of amides is 1. The lowest BCUT2D eigenvalue weighted by Crippen LogP contribution is -2.12. The topological polar surface area (TPSA) is 112 Å². The van der Waals surface area contributed by atoms with Crippen molar-refractivity contribution in [2.75, 3.05) is 6.54 Å². The lowest BCUT2D eigenvalue weighted by atomic mass is 10.0. The van der Waals surface area contributed by atoms with Gasteiger partial charge in [-0.3, -0.25) is 4.79 Å². The van der Waals surface area contributed by atoms with E-state index >= 15 is 0 Å². The smallest absolute Gasteiger partial charge is 0.273 e. The third kappa shape index (κ3) is 4.97. The van der Waals surface area contributed by atoms with E-state index in [1.165, 1.54) is 23.0 Å². The largest absolute Gasteiger partial charge is 0.364 e. The van der Waals surface area contributed by atoms with Crippen LogP contribution in [0.5, 0.6) is 0 Å². The molecule has 0 bridgehead atoms. The molecule has 7 nitrogen and oxygen atoms in total. The minimum atomic E-state index is -0.744. The Hall–Kier alpha value is -2.81. The molecule has 3 rings (SSSR count). The quantitative estimate of drug-likeness (QED) is 0.556. The number of benzene rings is 2. The number of aliphatic imine (C=N–C) groups is 1. The molecule has 3 aromatic rings. The van der Waals surface area contributed by atoms with Gasteiger partial charge in [0.15, 0.2) is 11.5 Å². The first kappa shape index (κ1) is 20.9. The number of carbonyl (C=O) groups excluding carboxylic acids is 1. The van der Waals surface area contributed by atoms with E-state index in [1.807, 2.05) is 0 Å². The van der Waals surface area contributed by atoms with Gasteiger partial charge in [0.25, 0.3) is 5.91 Å². The van der Waals surface area contributed by atoms with Crippen molar-refractivity contribution in [2.45, 2.75) is 13.0 Å². The summed E-state index contributed by atoms with van der Waals surface area (Å²) in [6.45, 7) is 0.396. The van der Waals surface area contributed by atoms with Crippen LogP contribution in [0.15, 0.2) is 41.4 Å². The first-order valence-electron chi connectivity index (χ1n) is 8.56. The number of rotatable bonds is 7. The SMILES string of the molecule is NCC=Nc1c(C(N)=O)nnn1Cc1cc(Cl)c(Cc2ccc(F)cc2)c(Cl)c1. The van der Waals surface area contributed by atoms with Crippen molar-refractivity contribution >= 4 is 41.1 Å². The van der Waals surface area contributed by atoms with Crippen LogP contribution in [0, 0.1) is 5.82 Å². The Bertz CT molecular complexity index is 1040. The number of halogens is 3. The monoisotopic (exact) mass is 434 g/mol. The Labute approximate surface area is 176 Å². The average molecular weight is 435 g/mol. The molecule has 10 heteroatoms. The summed E-state index contributed by atoms with van der Waals surface area (Å²) in [7, 11) is 0. The zero-order valence-corrected chi connectivity index (χ0v) is 16.7. The van der Waals surface area contributed by atoms with Crippen LogP contribution in [0.4, 0.5) is 10.2 Å². The number of carbonyl (C=O) groups is 1. The highest BCUT2D eigenvalue weighted by atomic mass is 35.5. The van der Waals surface area contributed by atoms with E-state index in [1.54, 1.807) is 24.3 Å². The van der Waals surface area contributed by atoms with Crippen LogP contribution in [-0.2, 0) is 13.0 Å². The number of hydrogen-bond acceptors (Lipinski definition) is 5. The molecule has 0 saturated carbocycles. The Kier molecular flexibility index (Phi) is 6.58. The van der Waals surface area contributed by atoms with Gasteiger partial charge in [-0.05, 0) is 41.0 Å². The molecule has 2 aromatic carbocycles. The van der Waals surface area contributed by atoms with E-state index in [0.29, 0.717) is 16.5 Å². The highest BCUT2D eigenvalue weighted by Crippen LogP contribution is 2.30. The van der Waals surface area contributed by atoms with Crippen molar-refractivity contribution in [3.8, 4) is 0 Å². The zero-order valence-electron chi connectivity index (χ0n) is 15.1. The molecule has 0 spiro atoms. The van der Waals surface area contributed by atoms with Gasteiger partial charge < -0.3 is 11.5 Å². The maximum absolute atomic E-state index is 13.1. The molecule has 0 aliphatic carbocycles. The minimum Gasteiger partial charge on any atom is -0.364 e. The molecular weight excluding hydrogens is 418 g/mol. The van der Waals surface area contributed by atoms with Crippen molar-refractivity contribution in [1.29, 1.82) is 0 Å². The normalized spacial score (nSPS) is 11.3. The predicted octanol–water partition coefficient (Wildman–Crippen LogP) is 3.12. The second-order valence-corrected chi connectivity index (χ2v) is 6.99. The number of aromatic nitrogens is 3. The number of nitrogens with zero attached hydrogens (tertiary/aromatic N) is 4. The average Bonchev–Trinajstić information content (AvgIpc) is 3.07. The molecule has 0 saturated heterocycles. The first-order valence-corrected chi connectivity index (χ1v) is 9.31. The van der Waals surface area contributed by atoms with Crippen LogP contribution < -0.4 is 11.5 Å². The molecular formula is C19H17Cl2FN6O. The van der Waals surface area contributed by atoms with Gasteiger partial charge in [0.2, 0.25) is 0 Å². The third-order valence-corrected chi connectivity index (χ3v) is 4.76. The van der Waals surface area contributed by atoms with Crippen molar-refractivity contribution in [1.82, 2.24) is 15.0 Å². The van der Waals surface area contributed by atoms with Gasteiger partial charge >= 0.3 is 0 Å². The van der Waals surface area contributed by atoms with E-state index in [9.17, 15) is 9.18 Å². The summed E-state index contributed by atoms with van der Waals surface area (Å²) in [5.74, 6) is -0.853. The maximum atomic E-state index is 13.1. The Morgan fingerprint density at radius 3 is 2.41 bits per heavy atom. The van der Waals surface area contributed by atoms with Crippen molar-refractivity contribution < 1.29 is 9.18 Å². The second kappa shape index (κ2) is 9.13. The van der Waals surface area contributed by atoms with Crippen molar-refractivity contribution in [2.24, 2.45) is 16.5 Å². The molecule has 1 heterocycles. The lowest BCUT2D eigenvalue weighted by Gasteiger charge is -2.11. The molecule has 4 N–H and O–H groups in total. The number of primary amides is 1. The second-order valence-electron chi connectivity index (χ2n) is 6.17. The lowest BCUT2D eigenvalue weighted by molar-refractivity contribution is 0.0996. The van der Waals surface area contributed by atoms with Crippen LogP contribution in [0.3, 0.4) is 0 Å². The Balaban J connectivity index is 1.89. The molecule has 0 atom stereocenters. The molecule has 0 aliphatic rings. The molecule has 1 aromatic heterocycles. The fraction of sp³-hybridized carbons (Fsp3) is 0.158. The summed E-state index contributed by atoms with van der Waals surface area (Å²) >= 11 is 12.9. The van der Waals surface area contributed by atoms with Crippen molar-refractivity contribution in [3.05, 3.63) is 74.6 Å². The molecule has 1 amide bonds. The Morgan fingerprint density at radius 2 is 1.83 bits per heavy atom. The van der Waals surface area contributed by atoms with Crippen LogP contribution >= 0.6 is 23.2 Å². The highest BCUT2D eigenvalue weighted by Gasteiger charge is 2.18. The summed E-state index contributed by atoms with van der Waals surface area (Å²) < 4.78 is 14.5. The molecule has 29 heavy (non-hydrogen) atoms. The van der Waals surface area contributed by atoms with E-state index in [0.717, 1.165) is 16.7 Å². The van der Waals surface area contributed by atoms with Crippen LogP contribution in [0.1, 0.15) is 27.2 Å². The summed E-state index contributed by atoms with van der Waals surface area (Å²) in [5, 5.41) is 8.63. The molecule has 150 valence electrons. The van der Waals surface area contributed by atoms with Crippen LogP contribution in [-0.4, -0.2) is 33.7 Å². The summed E-state index contributed by atoms with van der Waals surface area (Å²) in [6.07, 6.45) is 1.88.